The summed E-state index contributed by atoms with van der Waals surface area (Å²) < 4.78 is 5.41. The SMILES string of the molecule is CCC[C@@H]([NH2+]Cc1cc(=O)oc2cc(C)c(C)cc12)c1ccccc1. The van der Waals surface area contributed by atoms with E-state index in [0.717, 1.165) is 35.9 Å². The van der Waals surface area contributed by atoms with Gasteiger partial charge in [0.05, 0.1) is 0 Å². The zero-order valence-electron chi connectivity index (χ0n) is 15.2. The quantitative estimate of drug-likeness (QED) is 0.691. The van der Waals surface area contributed by atoms with Gasteiger partial charge in [0.1, 0.15) is 18.2 Å². The first-order valence-electron chi connectivity index (χ1n) is 9.00. The molecule has 2 N–H and O–H groups in total. The van der Waals surface area contributed by atoms with E-state index in [4.69, 9.17) is 4.42 Å². The van der Waals surface area contributed by atoms with Crippen molar-refractivity contribution in [2.75, 3.05) is 0 Å². The third-order valence-electron chi connectivity index (χ3n) is 4.89. The Morgan fingerprint density at radius 3 is 2.48 bits per heavy atom. The lowest BCUT2D eigenvalue weighted by Crippen LogP contribution is -2.83. The van der Waals surface area contributed by atoms with Gasteiger partial charge in [0.15, 0.2) is 0 Å². The minimum Gasteiger partial charge on any atom is -0.423 e. The minimum atomic E-state index is -0.272. The van der Waals surface area contributed by atoms with Crippen LogP contribution in [0.5, 0.6) is 0 Å². The summed E-state index contributed by atoms with van der Waals surface area (Å²) in [5, 5.41) is 3.38. The van der Waals surface area contributed by atoms with Crippen LogP contribution in [0, 0.1) is 13.8 Å². The lowest BCUT2D eigenvalue weighted by atomic mass is 10.0. The molecule has 3 aromatic rings. The van der Waals surface area contributed by atoms with Crippen molar-refractivity contribution in [3.05, 3.63) is 81.2 Å². The number of hydrogen-bond acceptors (Lipinski definition) is 2. The van der Waals surface area contributed by atoms with Crippen LogP contribution in [0.4, 0.5) is 0 Å². The largest absolute Gasteiger partial charge is 0.423 e. The number of nitrogens with two attached hydrogens (primary N) is 1. The van der Waals surface area contributed by atoms with E-state index >= 15 is 0 Å². The molecule has 0 bridgehead atoms. The molecule has 0 aliphatic carbocycles. The van der Waals surface area contributed by atoms with Gasteiger partial charge in [0, 0.05) is 29.0 Å². The Labute approximate surface area is 148 Å². The predicted octanol–water partition coefficient (Wildman–Crippen LogP) is 4.01. The molecule has 1 atom stereocenters. The van der Waals surface area contributed by atoms with Crippen LogP contribution in [0.2, 0.25) is 0 Å². The Bertz CT molecular complexity index is 912. The molecule has 1 aromatic heterocycles. The first kappa shape index (κ1) is 17.4. The maximum Gasteiger partial charge on any atom is 0.336 e. The van der Waals surface area contributed by atoms with Gasteiger partial charge in [0.25, 0.3) is 0 Å². The van der Waals surface area contributed by atoms with Gasteiger partial charge in [-0.2, -0.15) is 0 Å². The molecule has 0 amide bonds. The fraction of sp³-hybridized carbons (Fsp3) is 0.318. The first-order chi connectivity index (χ1) is 12.1. The molecule has 0 fully saturated rings. The fourth-order valence-electron chi connectivity index (χ4n) is 3.35. The number of rotatable bonds is 6. The lowest BCUT2D eigenvalue weighted by molar-refractivity contribution is -0.711. The molecule has 1 heterocycles. The molecule has 3 rings (SSSR count). The summed E-state index contributed by atoms with van der Waals surface area (Å²) in [6.07, 6.45) is 2.24. The molecule has 0 saturated heterocycles. The van der Waals surface area contributed by atoms with Crippen molar-refractivity contribution in [1.29, 1.82) is 0 Å². The van der Waals surface area contributed by atoms with E-state index in [1.807, 2.05) is 19.1 Å². The van der Waals surface area contributed by atoms with Crippen molar-refractivity contribution in [2.24, 2.45) is 0 Å². The second-order valence-corrected chi connectivity index (χ2v) is 6.77. The third kappa shape index (κ3) is 3.99. The number of fused-ring (bicyclic) bond motifs is 1. The molecule has 3 nitrogen and oxygen atoms in total. The summed E-state index contributed by atoms with van der Waals surface area (Å²) in [4.78, 5) is 12.0. The molecule has 0 aliphatic rings. The van der Waals surface area contributed by atoms with Gasteiger partial charge >= 0.3 is 5.63 Å². The maximum atomic E-state index is 12.0. The summed E-state index contributed by atoms with van der Waals surface area (Å²) in [5.74, 6) is 0. The molecule has 0 radical (unpaired) electrons. The van der Waals surface area contributed by atoms with Gasteiger partial charge in [-0.1, -0.05) is 43.7 Å². The molecule has 0 unspecified atom stereocenters. The van der Waals surface area contributed by atoms with Gasteiger partial charge in [-0.15, -0.1) is 0 Å². The normalized spacial score (nSPS) is 12.4. The second kappa shape index (κ2) is 7.66. The summed E-state index contributed by atoms with van der Waals surface area (Å²) >= 11 is 0. The van der Waals surface area contributed by atoms with Crippen molar-refractivity contribution >= 4 is 11.0 Å². The van der Waals surface area contributed by atoms with E-state index < -0.39 is 0 Å². The first-order valence-corrected chi connectivity index (χ1v) is 9.00. The van der Waals surface area contributed by atoms with E-state index in [0.29, 0.717) is 11.6 Å². The maximum absolute atomic E-state index is 12.0. The molecular formula is C22H26NO2+. The van der Waals surface area contributed by atoms with Crippen LogP contribution in [0.25, 0.3) is 11.0 Å². The smallest absolute Gasteiger partial charge is 0.336 e. The fourth-order valence-corrected chi connectivity index (χ4v) is 3.35. The van der Waals surface area contributed by atoms with E-state index in [9.17, 15) is 4.79 Å². The van der Waals surface area contributed by atoms with Gasteiger partial charge in [-0.05, 0) is 37.1 Å². The standard InChI is InChI=1S/C22H25NO2/c1-4-8-20(17-9-6-5-7-10-17)23-14-18-13-22(24)25-21-12-16(3)15(2)11-19(18)21/h5-7,9-13,20,23H,4,8,14H2,1-3H3/p+1/t20-/m1/s1. The average molecular weight is 336 g/mol. The highest BCUT2D eigenvalue weighted by Gasteiger charge is 2.15. The van der Waals surface area contributed by atoms with Crippen molar-refractivity contribution in [3.8, 4) is 0 Å². The van der Waals surface area contributed by atoms with Crippen LogP contribution in [-0.4, -0.2) is 0 Å². The molecule has 0 aliphatic heterocycles. The van der Waals surface area contributed by atoms with Gasteiger partial charge in [-0.25, -0.2) is 4.79 Å². The van der Waals surface area contributed by atoms with Crippen LogP contribution in [-0.2, 0) is 6.54 Å². The Balaban J connectivity index is 1.91. The third-order valence-corrected chi connectivity index (χ3v) is 4.89. The Hall–Kier alpha value is -2.39. The van der Waals surface area contributed by atoms with Crippen LogP contribution < -0.4 is 10.9 Å². The number of hydrogen-bond donors (Lipinski definition) is 1. The van der Waals surface area contributed by atoms with Crippen LogP contribution in [0.1, 0.15) is 48.1 Å². The van der Waals surface area contributed by atoms with Crippen LogP contribution in [0.15, 0.2) is 57.7 Å². The highest BCUT2D eigenvalue weighted by Crippen LogP contribution is 2.21. The summed E-state index contributed by atoms with van der Waals surface area (Å²) in [5.41, 5.74) is 5.16. The molecule has 130 valence electrons. The second-order valence-electron chi connectivity index (χ2n) is 6.77. The molecule has 25 heavy (non-hydrogen) atoms. The summed E-state index contributed by atoms with van der Waals surface area (Å²) in [6.45, 7) is 7.12. The van der Waals surface area contributed by atoms with E-state index in [1.54, 1.807) is 6.07 Å². The molecule has 2 aromatic carbocycles. The Kier molecular flexibility index (Phi) is 5.34. The summed E-state index contributed by atoms with van der Waals surface area (Å²) in [7, 11) is 0. The van der Waals surface area contributed by atoms with Crippen molar-refractivity contribution in [2.45, 2.75) is 46.2 Å². The van der Waals surface area contributed by atoms with E-state index in [-0.39, 0.29) is 5.63 Å². The van der Waals surface area contributed by atoms with Crippen LogP contribution in [0.3, 0.4) is 0 Å². The number of aryl methyl sites for hydroxylation is 2. The van der Waals surface area contributed by atoms with Crippen molar-refractivity contribution in [3.63, 3.8) is 0 Å². The Morgan fingerprint density at radius 1 is 1.04 bits per heavy atom. The molecule has 0 saturated carbocycles. The number of quaternary nitrogens is 1. The van der Waals surface area contributed by atoms with Gasteiger partial charge < -0.3 is 9.73 Å². The topological polar surface area (TPSA) is 46.8 Å². The zero-order valence-corrected chi connectivity index (χ0v) is 15.2. The van der Waals surface area contributed by atoms with E-state index in [1.165, 1.54) is 11.1 Å². The zero-order chi connectivity index (χ0) is 17.8. The predicted molar refractivity (Wildman–Crippen MR) is 102 cm³/mol. The minimum absolute atomic E-state index is 0.272. The van der Waals surface area contributed by atoms with Crippen molar-refractivity contribution in [1.82, 2.24) is 0 Å². The number of benzene rings is 2. The summed E-state index contributed by atoms with van der Waals surface area (Å²) in [6, 6.07) is 16.7. The van der Waals surface area contributed by atoms with Crippen molar-refractivity contribution < 1.29 is 9.73 Å². The lowest BCUT2D eigenvalue weighted by Gasteiger charge is -2.16. The molecule has 0 spiro atoms. The monoisotopic (exact) mass is 336 g/mol. The average Bonchev–Trinajstić information content (AvgIpc) is 2.60. The highest BCUT2D eigenvalue weighted by molar-refractivity contribution is 5.81. The highest BCUT2D eigenvalue weighted by atomic mass is 16.4. The molecule has 3 heteroatoms. The van der Waals surface area contributed by atoms with E-state index in [2.05, 4.69) is 49.5 Å². The van der Waals surface area contributed by atoms with Gasteiger partial charge in [-0.3, -0.25) is 0 Å². The molecular weight excluding hydrogens is 310 g/mol. The van der Waals surface area contributed by atoms with Gasteiger partial charge in [0.2, 0.25) is 0 Å². The Morgan fingerprint density at radius 2 is 1.76 bits per heavy atom. The van der Waals surface area contributed by atoms with Crippen LogP contribution >= 0.6 is 0 Å².